The first-order chi connectivity index (χ1) is 10.9. The van der Waals surface area contributed by atoms with Gasteiger partial charge in [-0.3, -0.25) is 4.79 Å². The lowest BCUT2D eigenvalue weighted by Gasteiger charge is -2.47. The first kappa shape index (κ1) is 19.5. The molecule has 0 radical (unpaired) electrons. The Morgan fingerprint density at radius 2 is 1.83 bits per heavy atom. The molecule has 3 nitrogen and oxygen atoms in total. The van der Waals surface area contributed by atoms with Crippen molar-refractivity contribution < 1.29 is 13.6 Å². The quantitative estimate of drug-likeness (QED) is 0.413. The van der Waals surface area contributed by atoms with Crippen LogP contribution in [0.15, 0.2) is 11.6 Å². The first-order valence-electron chi connectivity index (χ1n) is 9.03. The highest BCUT2D eigenvalue weighted by atomic mass is 28.4. The molecule has 0 bridgehead atoms. The molecule has 1 saturated carbocycles. The van der Waals surface area contributed by atoms with E-state index in [1.807, 2.05) is 0 Å². The highest BCUT2D eigenvalue weighted by molar-refractivity contribution is 6.70. The number of fused-ring (bicyclic) bond motifs is 1. The third-order valence-corrected chi connectivity index (χ3v) is 6.29. The van der Waals surface area contributed by atoms with E-state index >= 15 is 0 Å². The van der Waals surface area contributed by atoms with E-state index in [4.69, 9.17) is 8.85 Å². The lowest BCUT2D eigenvalue weighted by atomic mass is 9.58. The minimum absolute atomic E-state index is 0.228. The molecule has 0 N–H and O–H groups in total. The zero-order chi connectivity index (χ0) is 18.2. The van der Waals surface area contributed by atoms with Gasteiger partial charge in [-0.05, 0) is 77.3 Å². The van der Waals surface area contributed by atoms with Gasteiger partial charge < -0.3 is 8.85 Å². The largest absolute Gasteiger partial charge is 0.501 e. The van der Waals surface area contributed by atoms with E-state index in [0.717, 1.165) is 19.3 Å². The van der Waals surface area contributed by atoms with Crippen LogP contribution in [0.2, 0.25) is 39.3 Å². The van der Waals surface area contributed by atoms with Crippen LogP contribution in [0.5, 0.6) is 0 Å². The standard InChI is InChI=1S/C19H32O3Si2/c1-15-13-16-9-8-10-17(20)19(16,11-12-21-23(2,3)4)18(14-15)22-24(5,6)7/h14,16,18H,8-10,13H2,1-7H3/t16-,18-,19+/m0/s1. The van der Waals surface area contributed by atoms with Crippen molar-refractivity contribution >= 4 is 22.4 Å². The Bertz CT molecular complexity index is 586. The van der Waals surface area contributed by atoms with E-state index in [1.165, 1.54) is 5.57 Å². The van der Waals surface area contributed by atoms with E-state index in [1.54, 1.807) is 0 Å². The molecule has 0 aromatic carbocycles. The Balaban J connectivity index is 2.48. The van der Waals surface area contributed by atoms with Gasteiger partial charge in [0.25, 0.3) is 8.32 Å². The molecule has 1 fully saturated rings. The third kappa shape index (κ3) is 4.41. The number of carbonyl (C=O) groups is 1. The first-order valence-corrected chi connectivity index (χ1v) is 15.8. The van der Waals surface area contributed by atoms with Gasteiger partial charge in [-0.25, -0.2) is 0 Å². The maximum Gasteiger partial charge on any atom is 0.255 e. The van der Waals surface area contributed by atoms with Crippen LogP contribution in [-0.2, 0) is 13.6 Å². The average molecular weight is 365 g/mol. The fourth-order valence-corrected chi connectivity index (χ4v) is 5.06. The van der Waals surface area contributed by atoms with E-state index in [-0.39, 0.29) is 17.8 Å². The van der Waals surface area contributed by atoms with Gasteiger partial charge >= 0.3 is 0 Å². The van der Waals surface area contributed by atoms with Gasteiger partial charge in [-0.2, -0.15) is 0 Å². The molecule has 0 unspecified atom stereocenters. The third-order valence-electron chi connectivity index (χ3n) is 4.61. The molecular formula is C19H32O3Si2. The maximum absolute atomic E-state index is 13.1. The highest BCUT2D eigenvalue weighted by Crippen LogP contribution is 2.49. The van der Waals surface area contributed by atoms with Gasteiger partial charge in [0, 0.05) is 6.42 Å². The van der Waals surface area contributed by atoms with Crippen LogP contribution in [0, 0.1) is 23.4 Å². The predicted molar refractivity (Wildman–Crippen MR) is 104 cm³/mol. The molecule has 3 atom stereocenters. The predicted octanol–water partition coefficient (Wildman–Crippen LogP) is 4.72. The van der Waals surface area contributed by atoms with Crippen LogP contribution >= 0.6 is 0 Å². The molecule has 134 valence electrons. The topological polar surface area (TPSA) is 35.5 Å². The molecule has 2 rings (SSSR count). The van der Waals surface area contributed by atoms with Crippen molar-refractivity contribution in [2.45, 2.75) is 78.0 Å². The fraction of sp³-hybridized carbons (Fsp3) is 0.737. The second-order valence-corrected chi connectivity index (χ2v) is 18.1. The second kappa shape index (κ2) is 6.82. The van der Waals surface area contributed by atoms with E-state index in [0.29, 0.717) is 6.42 Å². The summed E-state index contributed by atoms with van der Waals surface area (Å²) in [7, 11) is -3.54. The van der Waals surface area contributed by atoms with Gasteiger partial charge in [0.1, 0.15) is 5.41 Å². The van der Waals surface area contributed by atoms with E-state index < -0.39 is 22.0 Å². The number of hydrogen-bond donors (Lipinski definition) is 0. The normalized spacial score (nSPS) is 30.8. The highest BCUT2D eigenvalue weighted by Gasteiger charge is 2.54. The number of Topliss-reactive ketones (excluding diaryl/α,β-unsaturated/α-hetero) is 1. The smallest absolute Gasteiger partial charge is 0.255 e. The van der Waals surface area contributed by atoms with Crippen molar-refractivity contribution in [3.63, 3.8) is 0 Å². The number of rotatable bonds is 3. The molecule has 0 aliphatic heterocycles. The molecule has 24 heavy (non-hydrogen) atoms. The van der Waals surface area contributed by atoms with Gasteiger partial charge in [0.15, 0.2) is 14.1 Å². The maximum atomic E-state index is 13.1. The van der Waals surface area contributed by atoms with Crippen LogP contribution < -0.4 is 0 Å². The second-order valence-electron chi connectivity index (χ2n) is 9.19. The van der Waals surface area contributed by atoms with Gasteiger partial charge in [0.05, 0.1) is 12.2 Å². The van der Waals surface area contributed by atoms with Crippen LogP contribution in [0.3, 0.4) is 0 Å². The molecule has 0 amide bonds. The number of carbonyl (C=O) groups excluding carboxylic acids is 1. The number of allylic oxidation sites excluding steroid dienone is 1. The summed E-state index contributed by atoms with van der Waals surface area (Å²) >= 11 is 0. The lowest BCUT2D eigenvalue weighted by Crippen LogP contribution is -2.54. The molecule has 0 saturated heterocycles. The van der Waals surface area contributed by atoms with Crippen molar-refractivity contribution in [1.82, 2.24) is 0 Å². The van der Waals surface area contributed by atoms with Crippen LogP contribution in [-0.4, -0.2) is 28.5 Å². The Morgan fingerprint density at radius 1 is 1.17 bits per heavy atom. The van der Waals surface area contributed by atoms with Gasteiger partial charge in [0.2, 0.25) is 0 Å². The molecular weight excluding hydrogens is 332 g/mol. The Kier molecular flexibility index (Phi) is 5.53. The summed E-state index contributed by atoms with van der Waals surface area (Å²) in [6.07, 6.45) is 8.43. The minimum atomic E-state index is -1.80. The Hall–Kier alpha value is -0.836. The van der Waals surface area contributed by atoms with Crippen LogP contribution in [0.4, 0.5) is 0 Å². The summed E-state index contributed by atoms with van der Waals surface area (Å²) in [6.45, 7) is 15.0. The SMILES string of the molecule is CC1=C[C@H](O[Si](C)(C)C)[C@@]2(C#CO[Si](C)(C)C)C(=O)CCC[C@H]2C1. The molecule has 0 aromatic heterocycles. The zero-order valence-corrected chi connectivity index (χ0v) is 18.3. The Labute approximate surface area is 149 Å². The van der Waals surface area contributed by atoms with Crippen molar-refractivity contribution in [3.05, 3.63) is 11.6 Å². The number of hydrogen-bond acceptors (Lipinski definition) is 3. The molecule has 2 aliphatic carbocycles. The van der Waals surface area contributed by atoms with E-state index in [2.05, 4.69) is 64.3 Å². The zero-order valence-electron chi connectivity index (χ0n) is 16.3. The molecule has 0 heterocycles. The monoisotopic (exact) mass is 364 g/mol. The van der Waals surface area contributed by atoms with Gasteiger partial charge in [-0.15, -0.1) is 0 Å². The Morgan fingerprint density at radius 3 is 2.42 bits per heavy atom. The summed E-state index contributed by atoms with van der Waals surface area (Å²) in [4.78, 5) is 13.1. The average Bonchev–Trinajstić information content (AvgIpc) is 2.37. The molecule has 0 aromatic rings. The van der Waals surface area contributed by atoms with Crippen LogP contribution in [0.25, 0.3) is 0 Å². The van der Waals surface area contributed by atoms with Gasteiger partial charge in [-0.1, -0.05) is 11.6 Å². The van der Waals surface area contributed by atoms with Crippen LogP contribution in [0.1, 0.15) is 32.6 Å². The summed E-state index contributed by atoms with van der Waals surface area (Å²) < 4.78 is 12.3. The van der Waals surface area contributed by atoms with Crippen molar-refractivity contribution in [2.75, 3.05) is 0 Å². The minimum Gasteiger partial charge on any atom is -0.501 e. The summed E-state index contributed by atoms with van der Waals surface area (Å²) in [5.74, 6) is 3.80. The van der Waals surface area contributed by atoms with Crippen molar-refractivity contribution in [3.8, 4) is 12.0 Å². The van der Waals surface area contributed by atoms with Crippen molar-refractivity contribution in [2.24, 2.45) is 11.3 Å². The lowest BCUT2D eigenvalue weighted by molar-refractivity contribution is -0.136. The van der Waals surface area contributed by atoms with Crippen molar-refractivity contribution in [1.29, 1.82) is 0 Å². The number of ketones is 1. The fourth-order valence-electron chi connectivity index (χ4n) is 3.69. The molecule has 5 heteroatoms. The summed E-state index contributed by atoms with van der Waals surface area (Å²) in [5, 5.41) is 0. The van der Waals surface area contributed by atoms with E-state index in [9.17, 15) is 4.79 Å². The molecule has 0 spiro atoms. The summed E-state index contributed by atoms with van der Waals surface area (Å²) in [6, 6.07) is 0. The molecule has 2 aliphatic rings. The summed E-state index contributed by atoms with van der Waals surface area (Å²) in [5.41, 5.74) is 0.610.